The Bertz CT molecular complexity index is 375. The number of rotatable bonds is 4. The van der Waals surface area contributed by atoms with Crippen LogP contribution in [0.2, 0.25) is 0 Å². The van der Waals surface area contributed by atoms with Gasteiger partial charge in [0.15, 0.2) is 0 Å². The van der Waals surface area contributed by atoms with Crippen LogP contribution in [0.25, 0.3) is 0 Å². The number of nitrogens with zero attached hydrogens (tertiary/aromatic N) is 2. The van der Waals surface area contributed by atoms with Gasteiger partial charge < -0.3 is 11.1 Å². The third kappa shape index (κ3) is 3.37. The van der Waals surface area contributed by atoms with Crippen molar-refractivity contribution in [3.63, 3.8) is 0 Å². The molecular formula is C10H17N5OS. The van der Waals surface area contributed by atoms with Crippen LogP contribution in [-0.4, -0.2) is 58.7 Å². The molecule has 1 fully saturated rings. The third-order valence-corrected chi connectivity index (χ3v) is 3.66. The number of carbonyl (C=O) groups is 1. The van der Waals surface area contributed by atoms with Gasteiger partial charge in [0.25, 0.3) is 5.91 Å². The highest BCUT2D eigenvalue weighted by atomic mass is 32.2. The van der Waals surface area contributed by atoms with E-state index < -0.39 is 0 Å². The van der Waals surface area contributed by atoms with Crippen LogP contribution in [0.4, 0.5) is 5.69 Å². The molecule has 4 N–H and O–H groups in total. The van der Waals surface area contributed by atoms with E-state index in [1.54, 1.807) is 0 Å². The Balaban J connectivity index is 1.71. The zero-order chi connectivity index (χ0) is 12.1. The number of carbonyl (C=O) groups excluding carboxylic acids is 1. The van der Waals surface area contributed by atoms with Crippen molar-refractivity contribution in [1.29, 1.82) is 0 Å². The van der Waals surface area contributed by atoms with E-state index in [-0.39, 0.29) is 5.91 Å². The Morgan fingerprint density at radius 3 is 3.00 bits per heavy atom. The molecular weight excluding hydrogens is 238 g/mol. The lowest BCUT2D eigenvalue weighted by atomic mass is 10.3. The molecule has 0 aromatic carbocycles. The molecule has 2 heterocycles. The summed E-state index contributed by atoms with van der Waals surface area (Å²) >= 11 is 1.98. The van der Waals surface area contributed by atoms with Crippen molar-refractivity contribution in [1.82, 2.24) is 20.4 Å². The lowest BCUT2D eigenvalue weighted by Crippen LogP contribution is -2.39. The molecule has 94 valence electrons. The minimum absolute atomic E-state index is 0.189. The van der Waals surface area contributed by atoms with Crippen molar-refractivity contribution in [2.24, 2.45) is 0 Å². The second-order valence-corrected chi connectivity index (χ2v) is 5.14. The molecule has 0 unspecified atom stereocenters. The monoisotopic (exact) mass is 255 g/mol. The van der Waals surface area contributed by atoms with E-state index in [0.717, 1.165) is 19.6 Å². The summed E-state index contributed by atoms with van der Waals surface area (Å²) in [6, 6.07) is 0. The number of nitrogens with one attached hydrogen (secondary N) is 2. The zero-order valence-corrected chi connectivity index (χ0v) is 10.4. The third-order valence-electron chi connectivity index (χ3n) is 2.71. The van der Waals surface area contributed by atoms with E-state index in [0.29, 0.717) is 17.9 Å². The number of hydrogen-bond acceptors (Lipinski definition) is 5. The Hall–Kier alpha value is -1.21. The summed E-state index contributed by atoms with van der Waals surface area (Å²) < 4.78 is 0. The van der Waals surface area contributed by atoms with Crippen LogP contribution in [-0.2, 0) is 0 Å². The summed E-state index contributed by atoms with van der Waals surface area (Å²) in [7, 11) is 0. The first kappa shape index (κ1) is 12.3. The predicted molar refractivity (Wildman–Crippen MR) is 69.1 cm³/mol. The van der Waals surface area contributed by atoms with Crippen LogP contribution in [0.15, 0.2) is 6.20 Å². The van der Waals surface area contributed by atoms with Gasteiger partial charge in [0.05, 0.1) is 11.9 Å². The number of aromatic nitrogens is 2. The molecule has 0 saturated carbocycles. The number of anilines is 1. The molecule has 2 rings (SSSR count). The lowest BCUT2D eigenvalue weighted by molar-refractivity contribution is 0.0945. The molecule has 1 amide bonds. The number of amides is 1. The fraction of sp³-hybridized carbons (Fsp3) is 0.600. The largest absolute Gasteiger partial charge is 0.396 e. The summed E-state index contributed by atoms with van der Waals surface area (Å²) in [5.74, 6) is 2.18. The van der Waals surface area contributed by atoms with Crippen LogP contribution >= 0.6 is 11.8 Å². The van der Waals surface area contributed by atoms with E-state index in [9.17, 15) is 4.79 Å². The molecule has 6 nitrogen and oxygen atoms in total. The molecule has 1 aromatic rings. The second kappa shape index (κ2) is 5.92. The summed E-state index contributed by atoms with van der Waals surface area (Å²) in [4.78, 5) is 14.0. The van der Waals surface area contributed by atoms with Crippen LogP contribution in [0, 0.1) is 0 Å². The lowest BCUT2D eigenvalue weighted by Gasteiger charge is -2.25. The minimum atomic E-state index is -0.189. The number of thioether (sulfide) groups is 1. The molecule has 0 radical (unpaired) electrons. The number of aromatic amines is 1. The van der Waals surface area contributed by atoms with Crippen molar-refractivity contribution in [3.05, 3.63) is 11.9 Å². The smallest absolute Gasteiger partial charge is 0.271 e. The van der Waals surface area contributed by atoms with Gasteiger partial charge in [-0.05, 0) is 0 Å². The van der Waals surface area contributed by atoms with Gasteiger partial charge in [-0.1, -0.05) is 0 Å². The second-order valence-electron chi connectivity index (χ2n) is 3.91. The standard InChI is InChI=1S/C10H17N5OS/c11-8-7-13-14-9(8)10(16)12-1-2-15-3-5-17-6-4-15/h7H,1-6,11H2,(H,12,16)(H,13,14). The average Bonchev–Trinajstić information content (AvgIpc) is 2.77. The maximum Gasteiger partial charge on any atom is 0.271 e. The van der Waals surface area contributed by atoms with Gasteiger partial charge in [-0.15, -0.1) is 0 Å². The van der Waals surface area contributed by atoms with Gasteiger partial charge in [-0.25, -0.2) is 0 Å². The van der Waals surface area contributed by atoms with Crippen LogP contribution in [0.1, 0.15) is 10.5 Å². The Morgan fingerprint density at radius 1 is 1.59 bits per heavy atom. The van der Waals surface area contributed by atoms with Crippen LogP contribution in [0.3, 0.4) is 0 Å². The molecule has 1 aliphatic rings. The van der Waals surface area contributed by atoms with Crippen molar-refractivity contribution in [2.45, 2.75) is 0 Å². The first-order valence-corrected chi connectivity index (χ1v) is 6.80. The molecule has 0 aliphatic carbocycles. The molecule has 0 atom stereocenters. The summed E-state index contributed by atoms with van der Waals surface area (Å²) in [5, 5.41) is 9.14. The topological polar surface area (TPSA) is 87.0 Å². The summed E-state index contributed by atoms with van der Waals surface area (Å²) in [5.41, 5.74) is 6.32. The molecule has 7 heteroatoms. The van der Waals surface area contributed by atoms with E-state index in [2.05, 4.69) is 20.4 Å². The highest BCUT2D eigenvalue weighted by Crippen LogP contribution is 2.08. The quantitative estimate of drug-likeness (QED) is 0.692. The van der Waals surface area contributed by atoms with Gasteiger partial charge in [-0.2, -0.15) is 16.9 Å². The van der Waals surface area contributed by atoms with E-state index >= 15 is 0 Å². The van der Waals surface area contributed by atoms with E-state index in [1.807, 2.05) is 11.8 Å². The Kier molecular flexibility index (Phi) is 4.27. The molecule has 1 saturated heterocycles. The molecule has 1 aromatic heterocycles. The van der Waals surface area contributed by atoms with Crippen molar-refractivity contribution in [3.8, 4) is 0 Å². The SMILES string of the molecule is Nc1cn[nH]c1C(=O)NCCN1CCSCC1. The molecule has 17 heavy (non-hydrogen) atoms. The Labute approximate surface area is 104 Å². The zero-order valence-electron chi connectivity index (χ0n) is 9.61. The number of hydrogen-bond donors (Lipinski definition) is 3. The molecule has 0 spiro atoms. The number of nitrogens with two attached hydrogens (primary N) is 1. The normalized spacial score (nSPS) is 16.9. The highest BCUT2D eigenvalue weighted by molar-refractivity contribution is 7.99. The van der Waals surface area contributed by atoms with Gasteiger partial charge in [0, 0.05) is 37.7 Å². The minimum Gasteiger partial charge on any atom is -0.396 e. The molecule has 0 bridgehead atoms. The van der Waals surface area contributed by atoms with E-state index in [4.69, 9.17) is 5.73 Å². The van der Waals surface area contributed by atoms with Crippen molar-refractivity contribution in [2.75, 3.05) is 43.4 Å². The first-order valence-electron chi connectivity index (χ1n) is 5.64. The molecule has 1 aliphatic heterocycles. The number of H-pyrrole nitrogens is 1. The first-order chi connectivity index (χ1) is 8.27. The number of nitrogen functional groups attached to an aromatic ring is 1. The fourth-order valence-corrected chi connectivity index (χ4v) is 2.70. The fourth-order valence-electron chi connectivity index (χ4n) is 1.72. The van der Waals surface area contributed by atoms with Crippen LogP contribution < -0.4 is 11.1 Å². The van der Waals surface area contributed by atoms with Crippen LogP contribution in [0.5, 0.6) is 0 Å². The average molecular weight is 255 g/mol. The summed E-state index contributed by atoms with van der Waals surface area (Å²) in [6.07, 6.45) is 1.44. The predicted octanol–water partition coefficient (Wildman–Crippen LogP) is -0.229. The van der Waals surface area contributed by atoms with Gasteiger partial charge in [-0.3, -0.25) is 14.8 Å². The summed E-state index contributed by atoms with van der Waals surface area (Å²) in [6.45, 7) is 3.74. The maximum absolute atomic E-state index is 11.7. The maximum atomic E-state index is 11.7. The van der Waals surface area contributed by atoms with Gasteiger partial charge in [0.1, 0.15) is 5.69 Å². The van der Waals surface area contributed by atoms with Crippen molar-refractivity contribution < 1.29 is 4.79 Å². The Morgan fingerprint density at radius 2 is 2.35 bits per heavy atom. The van der Waals surface area contributed by atoms with Crippen molar-refractivity contribution >= 4 is 23.4 Å². The highest BCUT2D eigenvalue weighted by Gasteiger charge is 2.13. The van der Waals surface area contributed by atoms with Gasteiger partial charge in [0.2, 0.25) is 0 Å². The van der Waals surface area contributed by atoms with Gasteiger partial charge >= 0.3 is 0 Å². The van der Waals surface area contributed by atoms with E-state index in [1.165, 1.54) is 17.7 Å².